The van der Waals surface area contributed by atoms with Crippen molar-refractivity contribution in [1.29, 1.82) is 5.41 Å². The van der Waals surface area contributed by atoms with Crippen LogP contribution in [0.5, 0.6) is 0 Å². The van der Waals surface area contributed by atoms with Crippen molar-refractivity contribution in [2.24, 2.45) is 12.8 Å². The molecule has 0 aliphatic rings. The zero-order chi connectivity index (χ0) is 25.8. The van der Waals surface area contributed by atoms with Gasteiger partial charge in [0.25, 0.3) is 5.91 Å². The lowest BCUT2D eigenvalue weighted by Crippen LogP contribution is -2.33. The summed E-state index contributed by atoms with van der Waals surface area (Å²) in [5.41, 5.74) is 9.82. The van der Waals surface area contributed by atoms with E-state index in [4.69, 9.17) is 21.2 Å². The molecule has 1 aromatic heterocycles. The van der Waals surface area contributed by atoms with Gasteiger partial charge in [-0.2, -0.15) is 0 Å². The third kappa shape index (κ3) is 5.20. The maximum atomic E-state index is 13.4. The lowest BCUT2D eigenvalue weighted by molar-refractivity contribution is -0.136. The topological polar surface area (TPSA) is 129 Å². The molecule has 4 rings (SSSR count). The third-order valence-corrected chi connectivity index (χ3v) is 6.08. The first-order valence-corrected chi connectivity index (χ1v) is 11.4. The molecule has 0 saturated carbocycles. The molecule has 0 aliphatic carbocycles. The van der Waals surface area contributed by atoms with Crippen molar-refractivity contribution in [1.82, 2.24) is 9.55 Å². The molecule has 1 heterocycles. The van der Waals surface area contributed by atoms with Crippen LogP contribution in [0.25, 0.3) is 11.0 Å². The van der Waals surface area contributed by atoms with Crippen molar-refractivity contribution in [2.45, 2.75) is 13.0 Å². The zero-order valence-electron chi connectivity index (χ0n) is 20.2. The fourth-order valence-corrected chi connectivity index (χ4v) is 4.04. The number of imidazole rings is 1. The van der Waals surface area contributed by atoms with Crippen LogP contribution < -0.4 is 15.5 Å². The number of aryl methyl sites for hydroxylation is 1. The first-order valence-electron chi connectivity index (χ1n) is 11.4. The molecule has 1 amide bonds. The number of rotatable bonds is 9. The number of nitrogen functional groups attached to an aromatic ring is 1. The maximum Gasteiger partial charge on any atom is 0.305 e. The number of hydrogen-bond donors (Lipinski definition) is 3. The first kappa shape index (κ1) is 24.5. The Bertz CT molecular complexity index is 1410. The molecule has 4 aromatic rings. The highest BCUT2D eigenvalue weighted by Crippen LogP contribution is 2.23. The third-order valence-electron chi connectivity index (χ3n) is 6.08. The minimum atomic E-state index is -0.964. The van der Waals surface area contributed by atoms with E-state index < -0.39 is 5.97 Å². The van der Waals surface area contributed by atoms with Crippen molar-refractivity contribution in [3.05, 3.63) is 89.7 Å². The lowest BCUT2D eigenvalue weighted by Gasteiger charge is -2.22. The predicted octanol–water partition coefficient (Wildman–Crippen LogP) is 3.62. The fourth-order valence-electron chi connectivity index (χ4n) is 4.04. The summed E-state index contributed by atoms with van der Waals surface area (Å²) in [6.07, 6.45) is -0.156. The largest absolute Gasteiger partial charge is 0.481 e. The van der Waals surface area contributed by atoms with Gasteiger partial charge in [-0.3, -0.25) is 15.0 Å². The minimum absolute atomic E-state index is 0.0266. The van der Waals surface area contributed by atoms with Crippen LogP contribution in [0.3, 0.4) is 0 Å². The number of benzene rings is 3. The van der Waals surface area contributed by atoms with Crippen molar-refractivity contribution in [3.63, 3.8) is 0 Å². The van der Waals surface area contributed by atoms with E-state index >= 15 is 0 Å². The van der Waals surface area contributed by atoms with E-state index in [0.717, 1.165) is 17.0 Å². The molecule has 0 radical (unpaired) electrons. The van der Waals surface area contributed by atoms with Gasteiger partial charge < -0.3 is 25.2 Å². The molecular weight excluding hydrogens is 456 g/mol. The second-order valence-electron chi connectivity index (χ2n) is 8.54. The SMILES string of the molecule is CN(Cc1nc2cc(C(=O)N(CCC(=O)O)c3ccccc3)ccc2n1C)c1ccc(C(=N)N)cc1. The minimum Gasteiger partial charge on any atom is -0.481 e. The van der Waals surface area contributed by atoms with Crippen molar-refractivity contribution >= 4 is 40.1 Å². The number of nitrogens with zero attached hydrogens (tertiary/aromatic N) is 4. The van der Waals surface area contributed by atoms with Gasteiger partial charge in [-0.25, -0.2) is 4.98 Å². The number of carboxylic acid groups (broad SMARTS) is 1. The van der Waals surface area contributed by atoms with Crippen LogP contribution in [0, 0.1) is 5.41 Å². The Kier molecular flexibility index (Phi) is 7.00. The zero-order valence-corrected chi connectivity index (χ0v) is 20.2. The summed E-state index contributed by atoms with van der Waals surface area (Å²) in [7, 11) is 3.89. The number of hydrogen-bond acceptors (Lipinski definition) is 5. The molecule has 184 valence electrons. The average Bonchev–Trinajstić information content (AvgIpc) is 3.18. The monoisotopic (exact) mass is 484 g/mol. The second-order valence-corrected chi connectivity index (χ2v) is 8.54. The second kappa shape index (κ2) is 10.3. The van der Waals surface area contributed by atoms with E-state index in [1.807, 2.05) is 72.1 Å². The lowest BCUT2D eigenvalue weighted by atomic mass is 10.1. The number of aromatic nitrogens is 2. The molecule has 3 aromatic carbocycles. The molecule has 0 unspecified atom stereocenters. The number of aliphatic carboxylic acids is 1. The number of carbonyl (C=O) groups excluding carboxylic acids is 1. The summed E-state index contributed by atoms with van der Waals surface area (Å²) in [5, 5.41) is 16.7. The van der Waals surface area contributed by atoms with Gasteiger partial charge in [0.2, 0.25) is 0 Å². The summed E-state index contributed by atoms with van der Waals surface area (Å²) < 4.78 is 1.99. The van der Waals surface area contributed by atoms with Gasteiger partial charge in [-0.15, -0.1) is 0 Å². The quantitative estimate of drug-likeness (QED) is 0.246. The van der Waals surface area contributed by atoms with Crippen molar-refractivity contribution in [2.75, 3.05) is 23.4 Å². The highest BCUT2D eigenvalue weighted by atomic mass is 16.4. The number of para-hydroxylation sites is 1. The highest BCUT2D eigenvalue weighted by molar-refractivity contribution is 6.07. The summed E-state index contributed by atoms with van der Waals surface area (Å²) in [6.45, 7) is 0.597. The van der Waals surface area contributed by atoms with Gasteiger partial charge >= 0.3 is 5.97 Å². The Morgan fingerprint density at radius 3 is 2.31 bits per heavy atom. The fraction of sp³-hybridized carbons (Fsp3) is 0.185. The Hall–Kier alpha value is -4.66. The molecule has 4 N–H and O–H groups in total. The van der Waals surface area contributed by atoms with Gasteiger partial charge in [0.15, 0.2) is 0 Å². The number of carbonyl (C=O) groups is 2. The van der Waals surface area contributed by atoms with Crippen LogP contribution in [0.4, 0.5) is 11.4 Å². The normalized spacial score (nSPS) is 10.8. The van der Waals surface area contributed by atoms with E-state index in [1.165, 1.54) is 4.90 Å². The van der Waals surface area contributed by atoms with Crippen LogP contribution in [-0.4, -0.2) is 46.0 Å². The summed E-state index contributed by atoms with van der Waals surface area (Å²) >= 11 is 0. The standard InChI is InChI=1S/C27H28N6O3/c1-31(20-11-8-18(9-12-20)26(28)29)17-24-30-22-16-19(10-13-23(22)32(24)2)27(36)33(15-14-25(34)35)21-6-4-3-5-7-21/h3-13,16H,14-15,17H2,1-2H3,(H3,28,29)(H,34,35). The van der Waals surface area contributed by atoms with Gasteiger partial charge in [0.1, 0.15) is 11.7 Å². The Balaban J connectivity index is 1.59. The van der Waals surface area contributed by atoms with E-state index in [2.05, 4.69) is 0 Å². The van der Waals surface area contributed by atoms with Gasteiger partial charge in [-0.1, -0.05) is 18.2 Å². The Labute approximate surface area is 208 Å². The molecule has 0 bridgehead atoms. The number of nitrogens with two attached hydrogens (primary N) is 1. The number of amidine groups is 1. The summed E-state index contributed by atoms with van der Waals surface area (Å²) in [5.74, 6) is -0.398. The van der Waals surface area contributed by atoms with Crippen LogP contribution >= 0.6 is 0 Å². The smallest absolute Gasteiger partial charge is 0.305 e. The van der Waals surface area contributed by atoms with Gasteiger partial charge in [0.05, 0.1) is 24.0 Å². The molecule has 0 aliphatic heterocycles. The number of nitrogens with one attached hydrogen (secondary N) is 1. The predicted molar refractivity (Wildman–Crippen MR) is 141 cm³/mol. The molecule has 0 spiro atoms. The Morgan fingerprint density at radius 2 is 1.67 bits per heavy atom. The molecule has 9 heteroatoms. The summed E-state index contributed by atoms with van der Waals surface area (Å²) in [4.78, 5) is 32.9. The van der Waals surface area contributed by atoms with Crippen LogP contribution in [0.15, 0.2) is 72.8 Å². The first-order chi connectivity index (χ1) is 17.2. The molecule has 0 atom stereocenters. The molecule has 0 fully saturated rings. The maximum absolute atomic E-state index is 13.4. The number of fused-ring (bicyclic) bond motifs is 1. The molecule has 0 saturated heterocycles. The van der Waals surface area contributed by atoms with E-state index in [-0.39, 0.29) is 24.7 Å². The van der Waals surface area contributed by atoms with Crippen molar-refractivity contribution < 1.29 is 14.7 Å². The van der Waals surface area contributed by atoms with Crippen molar-refractivity contribution in [3.8, 4) is 0 Å². The molecule has 9 nitrogen and oxygen atoms in total. The van der Waals surface area contributed by atoms with Crippen LogP contribution in [0.1, 0.15) is 28.2 Å². The molecular formula is C27H28N6O3. The highest BCUT2D eigenvalue weighted by Gasteiger charge is 2.20. The van der Waals surface area contributed by atoms with E-state index in [0.29, 0.717) is 28.9 Å². The number of anilines is 2. The van der Waals surface area contributed by atoms with E-state index in [1.54, 1.807) is 24.3 Å². The van der Waals surface area contributed by atoms with Gasteiger partial charge in [0, 0.05) is 43.1 Å². The molecule has 36 heavy (non-hydrogen) atoms. The average molecular weight is 485 g/mol. The van der Waals surface area contributed by atoms with Crippen LogP contribution in [-0.2, 0) is 18.4 Å². The number of amides is 1. The van der Waals surface area contributed by atoms with Crippen LogP contribution in [0.2, 0.25) is 0 Å². The van der Waals surface area contributed by atoms with E-state index in [9.17, 15) is 9.59 Å². The number of carboxylic acids is 1. The Morgan fingerprint density at radius 1 is 1.00 bits per heavy atom. The van der Waals surface area contributed by atoms with Gasteiger partial charge in [-0.05, 0) is 54.6 Å². The summed E-state index contributed by atoms with van der Waals surface area (Å²) in [6, 6.07) is 21.8.